The molecule has 1 N–H and O–H groups in total. The van der Waals surface area contributed by atoms with Gasteiger partial charge in [-0.05, 0) is 19.1 Å². The highest BCUT2D eigenvalue weighted by Crippen LogP contribution is 2.28. The highest BCUT2D eigenvalue weighted by molar-refractivity contribution is 7.13. The molecule has 0 aliphatic carbocycles. The van der Waals surface area contributed by atoms with Gasteiger partial charge in [0.2, 0.25) is 0 Å². The number of thiazole rings is 1. The summed E-state index contributed by atoms with van der Waals surface area (Å²) in [6, 6.07) is 7.08. The number of hydrogen-bond donors (Lipinski definition) is 1. The smallest absolute Gasteiger partial charge is 0.337 e. The molecule has 7 nitrogen and oxygen atoms in total. The quantitative estimate of drug-likeness (QED) is 0.714. The summed E-state index contributed by atoms with van der Waals surface area (Å²) >= 11 is 1.49. The average molecular weight is 344 g/mol. The Morgan fingerprint density at radius 1 is 1.33 bits per heavy atom. The molecule has 0 amide bonds. The fraction of sp³-hybridized carbons (Fsp3) is 0.250. The first-order chi connectivity index (χ1) is 11.6. The summed E-state index contributed by atoms with van der Waals surface area (Å²) in [5.74, 6) is -0.365. The second kappa shape index (κ2) is 6.90. The summed E-state index contributed by atoms with van der Waals surface area (Å²) in [5, 5.41) is 20.2. The molecule has 1 aromatic carbocycles. The number of nitrogens with zero attached hydrogens (tertiary/aromatic N) is 4. The van der Waals surface area contributed by atoms with Crippen molar-refractivity contribution in [2.75, 3.05) is 7.11 Å². The lowest BCUT2D eigenvalue weighted by Crippen LogP contribution is -2.11. The number of aliphatic hydroxyl groups excluding tert-OH is 1. The topological polar surface area (TPSA) is 90.1 Å². The number of methoxy groups -OCH3 is 1. The summed E-state index contributed by atoms with van der Waals surface area (Å²) in [5.41, 5.74) is 2.79. The lowest BCUT2D eigenvalue weighted by atomic mass is 10.1. The lowest BCUT2D eigenvalue weighted by molar-refractivity contribution is 0.0600. The van der Waals surface area contributed by atoms with Crippen LogP contribution < -0.4 is 0 Å². The van der Waals surface area contributed by atoms with E-state index in [9.17, 15) is 9.90 Å². The van der Waals surface area contributed by atoms with Crippen molar-refractivity contribution in [1.29, 1.82) is 0 Å². The number of esters is 1. The van der Waals surface area contributed by atoms with E-state index < -0.39 is 6.10 Å². The van der Waals surface area contributed by atoms with Gasteiger partial charge in [-0.15, -0.1) is 16.4 Å². The Morgan fingerprint density at radius 2 is 2.08 bits per heavy atom. The van der Waals surface area contributed by atoms with Crippen LogP contribution in [0, 0.1) is 0 Å². The van der Waals surface area contributed by atoms with E-state index in [0.29, 0.717) is 17.8 Å². The average Bonchev–Trinajstić information content (AvgIpc) is 3.23. The molecule has 0 bridgehead atoms. The van der Waals surface area contributed by atoms with Crippen molar-refractivity contribution in [1.82, 2.24) is 20.0 Å². The SMILES string of the molecule is COC(=O)c1ccc(-c2nc(-c3cn(CC(C)O)nn3)cs2)cc1. The third-order valence-electron chi connectivity index (χ3n) is 3.31. The molecular weight excluding hydrogens is 328 g/mol. The monoisotopic (exact) mass is 344 g/mol. The molecule has 8 heteroatoms. The number of carbonyl (C=O) groups is 1. The van der Waals surface area contributed by atoms with Crippen LogP contribution >= 0.6 is 11.3 Å². The second-order valence-corrected chi connectivity index (χ2v) is 6.14. The Balaban J connectivity index is 1.80. The maximum atomic E-state index is 11.5. The molecular formula is C16H16N4O3S. The van der Waals surface area contributed by atoms with Crippen molar-refractivity contribution >= 4 is 17.3 Å². The largest absolute Gasteiger partial charge is 0.465 e. The van der Waals surface area contributed by atoms with Gasteiger partial charge in [0.1, 0.15) is 16.4 Å². The van der Waals surface area contributed by atoms with Gasteiger partial charge >= 0.3 is 5.97 Å². The summed E-state index contributed by atoms with van der Waals surface area (Å²) in [6.07, 6.45) is 1.27. The standard InChI is InChI=1S/C16H16N4O3S/c1-10(21)7-20-8-13(18-19-20)14-9-24-15(17-14)11-3-5-12(6-4-11)16(22)23-2/h3-6,8-10,21H,7H2,1-2H3. The van der Waals surface area contributed by atoms with Gasteiger partial charge in [0.05, 0.1) is 31.5 Å². The number of carbonyl (C=O) groups excluding carboxylic acids is 1. The van der Waals surface area contributed by atoms with Crippen LogP contribution in [0.5, 0.6) is 0 Å². The molecule has 1 atom stereocenters. The van der Waals surface area contributed by atoms with Crippen LogP contribution in [-0.2, 0) is 11.3 Å². The first-order valence-electron chi connectivity index (χ1n) is 7.29. The fourth-order valence-electron chi connectivity index (χ4n) is 2.17. The molecule has 24 heavy (non-hydrogen) atoms. The van der Waals surface area contributed by atoms with Crippen LogP contribution in [0.3, 0.4) is 0 Å². The van der Waals surface area contributed by atoms with Crippen LogP contribution in [0.4, 0.5) is 0 Å². The second-order valence-electron chi connectivity index (χ2n) is 5.28. The summed E-state index contributed by atoms with van der Waals surface area (Å²) in [4.78, 5) is 16.0. The number of ether oxygens (including phenoxy) is 1. The molecule has 2 aromatic heterocycles. The molecule has 2 heterocycles. The predicted octanol–water partition coefficient (Wildman–Crippen LogP) is 2.24. The summed E-state index contributed by atoms with van der Waals surface area (Å²) < 4.78 is 6.27. The van der Waals surface area contributed by atoms with Gasteiger partial charge in [0, 0.05) is 10.9 Å². The Bertz CT molecular complexity index is 839. The van der Waals surface area contributed by atoms with Crippen molar-refractivity contribution in [2.45, 2.75) is 19.6 Å². The zero-order chi connectivity index (χ0) is 17.1. The van der Waals surface area contributed by atoms with Crippen molar-refractivity contribution in [3.8, 4) is 22.0 Å². The van der Waals surface area contributed by atoms with E-state index in [1.807, 2.05) is 17.5 Å². The Morgan fingerprint density at radius 3 is 2.75 bits per heavy atom. The maximum absolute atomic E-state index is 11.5. The van der Waals surface area contributed by atoms with Gasteiger partial charge < -0.3 is 9.84 Å². The first-order valence-corrected chi connectivity index (χ1v) is 8.17. The van der Waals surface area contributed by atoms with E-state index in [-0.39, 0.29) is 5.97 Å². The third kappa shape index (κ3) is 3.50. The van der Waals surface area contributed by atoms with Gasteiger partial charge in [-0.25, -0.2) is 14.5 Å². The van der Waals surface area contributed by atoms with Gasteiger partial charge in [-0.3, -0.25) is 0 Å². The van der Waals surface area contributed by atoms with Gasteiger partial charge in [-0.1, -0.05) is 17.3 Å². The van der Waals surface area contributed by atoms with Crippen molar-refractivity contribution in [3.63, 3.8) is 0 Å². The van der Waals surface area contributed by atoms with E-state index in [0.717, 1.165) is 16.3 Å². The molecule has 1 unspecified atom stereocenters. The van der Waals surface area contributed by atoms with Crippen LogP contribution in [-0.4, -0.2) is 44.3 Å². The highest BCUT2D eigenvalue weighted by atomic mass is 32.1. The Labute approximate surface area is 142 Å². The normalized spacial score (nSPS) is 12.1. The predicted molar refractivity (Wildman–Crippen MR) is 89.6 cm³/mol. The van der Waals surface area contributed by atoms with Gasteiger partial charge in [0.15, 0.2) is 0 Å². The molecule has 3 aromatic rings. The van der Waals surface area contributed by atoms with E-state index in [1.54, 1.807) is 29.9 Å². The number of rotatable bonds is 5. The molecule has 3 rings (SSSR count). The van der Waals surface area contributed by atoms with Crippen LogP contribution in [0.1, 0.15) is 17.3 Å². The molecule has 0 spiro atoms. The number of aliphatic hydroxyl groups is 1. The molecule has 0 aliphatic rings. The van der Waals surface area contributed by atoms with E-state index in [1.165, 1.54) is 18.4 Å². The number of aromatic nitrogens is 4. The molecule has 0 saturated heterocycles. The highest BCUT2D eigenvalue weighted by Gasteiger charge is 2.12. The van der Waals surface area contributed by atoms with Crippen LogP contribution in [0.25, 0.3) is 22.0 Å². The van der Waals surface area contributed by atoms with Crippen molar-refractivity contribution < 1.29 is 14.6 Å². The number of hydrogen-bond acceptors (Lipinski definition) is 7. The lowest BCUT2D eigenvalue weighted by Gasteiger charge is -2.01. The van der Waals surface area contributed by atoms with Crippen LogP contribution in [0.15, 0.2) is 35.8 Å². The summed E-state index contributed by atoms with van der Waals surface area (Å²) in [6.45, 7) is 2.08. The molecule has 124 valence electrons. The maximum Gasteiger partial charge on any atom is 0.337 e. The Hall–Kier alpha value is -2.58. The van der Waals surface area contributed by atoms with Gasteiger partial charge in [-0.2, -0.15) is 0 Å². The van der Waals surface area contributed by atoms with Gasteiger partial charge in [0.25, 0.3) is 0 Å². The summed E-state index contributed by atoms with van der Waals surface area (Å²) in [7, 11) is 1.36. The minimum Gasteiger partial charge on any atom is -0.465 e. The minimum absolute atomic E-state index is 0.365. The molecule has 0 saturated carbocycles. The number of benzene rings is 1. The molecule has 0 radical (unpaired) electrons. The van der Waals surface area contributed by atoms with E-state index in [4.69, 9.17) is 0 Å². The van der Waals surface area contributed by atoms with E-state index >= 15 is 0 Å². The van der Waals surface area contributed by atoms with E-state index in [2.05, 4.69) is 20.0 Å². The Kier molecular flexibility index (Phi) is 4.68. The third-order valence-corrected chi connectivity index (χ3v) is 4.20. The van der Waals surface area contributed by atoms with Crippen molar-refractivity contribution in [3.05, 3.63) is 41.4 Å². The fourth-order valence-corrected chi connectivity index (χ4v) is 2.99. The molecule has 0 fully saturated rings. The van der Waals surface area contributed by atoms with Crippen molar-refractivity contribution in [2.24, 2.45) is 0 Å². The zero-order valence-corrected chi connectivity index (χ0v) is 14.0. The minimum atomic E-state index is -0.487. The first kappa shape index (κ1) is 16.3. The molecule has 0 aliphatic heterocycles. The zero-order valence-electron chi connectivity index (χ0n) is 13.2. The van der Waals surface area contributed by atoms with Crippen LogP contribution in [0.2, 0.25) is 0 Å².